The maximum Gasteiger partial charge on any atom is 0.326 e. The summed E-state index contributed by atoms with van der Waals surface area (Å²) in [6.07, 6.45) is 2.20. The van der Waals surface area contributed by atoms with Gasteiger partial charge in [0.25, 0.3) is 0 Å². The first kappa shape index (κ1) is 15.5. The number of aliphatic carboxylic acids is 1. The molecule has 0 fully saturated rings. The zero-order valence-electron chi connectivity index (χ0n) is 12.3. The van der Waals surface area contributed by atoms with Gasteiger partial charge in [0.15, 0.2) is 0 Å². The second-order valence-electron chi connectivity index (χ2n) is 5.72. The molecule has 21 heavy (non-hydrogen) atoms. The Hall–Kier alpha value is -1.88. The summed E-state index contributed by atoms with van der Waals surface area (Å²) in [5.41, 5.74) is 7.73. The maximum absolute atomic E-state index is 12.3. The molecule has 0 aromatic heterocycles. The Labute approximate surface area is 124 Å². The molecular formula is C16H22N2O3. The first-order valence-electron chi connectivity index (χ1n) is 7.33. The van der Waals surface area contributed by atoms with Crippen LogP contribution in [0.2, 0.25) is 0 Å². The van der Waals surface area contributed by atoms with Crippen LogP contribution in [-0.4, -0.2) is 34.0 Å². The van der Waals surface area contributed by atoms with E-state index in [-0.39, 0.29) is 11.9 Å². The SMILES string of the molecule is CC(N)CCCC(=O)N1Cc2ccccc2CC1C(=O)O. The molecular weight excluding hydrogens is 268 g/mol. The van der Waals surface area contributed by atoms with Crippen molar-refractivity contribution < 1.29 is 14.7 Å². The highest BCUT2D eigenvalue weighted by atomic mass is 16.4. The number of hydrogen-bond acceptors (Lipinski definition) is 3. The molecule has 1 amide bonds. The molecule has 1 aliphatic rings. The number of carboxylic acids is 1. The van der Waals surface area contributed by atoms with Gasteiger partial charge in [0.2, 0.25) is 5.91 Å². The fourth-order valence-electron chi connectivity index (χ4n) is 2.72. The van der Waals surface area contributed by atoms with E-state index in [1.54, 1.807) is 0 Å². The van der Waals surface area contributed by atoms with Crippen LogP contribution < -0.4 is 5.73 Å². The van der Waals surface area contributed by atoms with Crippen molar-refractivity contribution in [3.8, 4) is 0 Å². The van der Waals surface area contributed by atoms with E-state index in [4.69, 9.17) is 5.73 Å². The van der Waals surface area contributed by atoms with Crippen molar-refractivity contribution >= 4 is 11.9 Å². The number of nitrogens with two attached hydrogens (primary N) is 1. The molecule has 114 valence electrons. The Morgan fingerprint density at radius 3 is 2.67 bits per heavy atom. The first-order valence-corrected chi connectivity index (χ1v) is 7.33. The third-order valence-electron chi connectivity index (χ3n) is 3.90. The van der Waals surface area contributed by atoms with Crippen molar-refractivity contribution in [1.82, 2.24) is 4.90 Å². The number of benzene rings is 1. The molecule has 2 rings (SSSR count). The van der Waals surface area contributed by atoms with Crippen molar-refractivity contribution in [2.24, 2.45) is 5.73 Å². The molecule has 1 aromatic carbocycles. The largest absolute Gasteiger partial charge is 0.480 e. The highest BCUT2D eigenvalue weighted by Gasteiger charge is 2.33. The molecule has 0 saturated heterocycles. The van der Waals surface area contributed by atoms with Gasteiger partial charge in [-0.25, -0.2) is 4.79 Å². The zero-order chi connectivity index (χ0) is 15.4. The third kappa shape index (κ3) is 3.82. The molecule has 0 aliphatic carbocycles. The molecule has 1 aliphatic heterocycles. The number of amides is 1. The van der Waals surface area contributed by atoms with Gasteiger partial charge in [-0.05, 0) is 30.9 Å². The minimum atomic E-state index is -0.940. The van der Waals surface area contributed by atoms with Crippen LogP contribution in [0.4, 0.5) is 0 Å². The first-order chi connectivity index (χ1) is 9.99. The van der Waals surface area contributed by atoms with Gasteiger partial charge in [-0.1, -0.05) is 24.3 Å². The van der Waals surface area contributed by atoms with Gasteiger partial charge >= 0.3 is 5.97 Å². The normalized spacial score (nSPS) is 19.0. The second-order valence-corrected chi connectivity index (χ2v) is 5.72. The number of hydrogen-bond donors (Lipinski definition) is 2. The summed E-state index contributed by atoms with van der Waals surface area (Å²) in [6.45, 7) is 2.28. The van der Waals surface area contributed by atoms with E-state index >= 15 is 0 Å². The van der Waals surface area contributed by atoms with Crippen LogP contribution in [0.25, 0.3) is 0 Å². The Morgan fingerprint density at radius 2 is 2.05 bits per heavy atom. The minimum absolute atomic E-state index is 0.0650. The van der Waals surface area contributed by atoms with Crippen LogP contribution in [0.15, 0.2) is 24.3 Å². The molecule has 1 aromatic rings. The Bertz CT molecular complexity index is 528. The van der Waals surface area contributed by atoms with Gasteiger partial charge in [-0.2, -0.15) is 0 Å². The van der Waals surface area contributed by atoms with Crippen molar-refractivity contribution in [3.63, 3.8) is 0 Å². The minimum Gasteiger partial charge on any atom is -0.480 e. The number of carbonyl (C=O) groups excluding carboxylic acids is 1. The van der Waals surface area contributed by atoms with E-state index < -0.39 is 12.0 Å². The lowest BCUT2D eigenvalue weighted by atomic mass is 9.93. The average molecular weight is 290 g/mol. The van der Waals surface area contributed by atoms with Gasteiger partial charge in [-0.3, -0.25) is 4.79 Å². The van der Waals surface area contributed by atoms with Crippen LogP contribution in [-0.2, 0) is 22.6 Å². The topological polar surface area (TPSA) is 83.6 Å². The smallest absolute Gasteiger partial charge is 0.326 e. The van der Waals surface area contributed by atoms with Gasteiger partial charge < -0.3 is 15.7 Å². The highest BCUT2D eigenvalue weighted by Crippen LogP contribution is 2.24. The molecule has 2 atom stereocenters. The van der Waals surface area contributed by atoms with E-state index in [1.807, 2.05) is 31.2 Å². The van der Waals surface area contributed by atoms with E-state index in [2.05, 4.69) is 0 Å². The molecule has 0 bridgehead atoms. The Morgan fingerprint density at radius 1 is 1.38 bits per heavy atom. The van der Waals surface area contributed by atoms with E-state index in [9.17, 15) is 14.7 Å². The summed E-state index contributed by atoms with van der Waals surface area (Å²) in [7, 11) is 0. The summed E-state index contributed by atoms with van der Waals surface area (Å²) in [5.74, 6) is -1.04. The molecule has 0 spiro atoms. The lowest BCUT2D eigenvalue weighted by Gasteiger charge is -2.34. The fourth-order valence-corrected chi connectivity index (χ4v) is 2.72. The van der Waals surface area contributed by atoms with Crippen LogP contribution in [0.5, 0.6) is 0 Å². The van der Waals surface area contributed by atoms with Crippen molar-refractivity contribution in [1.29, 1.82) is 0 Å². The van der Waals surface area contributed by atoms with Crippen LogP contribution >= 0.6 is 0 Å². The summed E-state index contributed by atoms with van der Waals surface area (Å²) in [5, 5.41) is 9.38. The standard InChI is InChI=1S/C16H22N2O3/c1-11(17)5-4-8-15(19)18-10-13-7-3-2-6-12(13)9-14(18)16(20)21/h2-3,6-7,11,14H,4-5,8-10,17H2,1H3,(H,20,21). The van der Waals surface area contributed by atoms with Crippen molar-refractivity contribution in [3.05, 3.63) is 35.4 Å². The van der Waals surface area contributed by atoms with E-state index in [0.717, 1.165) is 17.5 Å². The number of nitrogens with zero attached hydrogens (tertiary/aromatic N) is 1. The molecule has 3 N–H and O–H groups in total. The highest BCUT2D eigenvalue weighted by molar-refractivity contribution is 5.84. The predicted molar refractivity (Wildman–Crippen MR) is 79.6 cm³/mol. The van der Waals surface area contributed by atoms with Gasteiger partial charge in [0.05, 0.1) is 0 Å². The third-order valence-corrected chi connectivity index (χ3v) is 3.90. The molecule has 5 heteroatoms. The number of carbonyl (C=O) groups is 2. The lowest BCUT2D eigenvalue weighted by Crippen LogP contribution is -2.48. The molecule has 1 heterocycles. The fraction of sp³-hybridized carbons (Fsp3) is 0.500. The van der Waals surface area contributed by atoms with Gasteiger partial charge in [0, 0.05) is 25.4 Å². The Balaban J connectivity index is 2.09. The summed E-state index contributed by atoms with van der Waals surface area (Å²) in [6, 6.07) is 7.01. The summed E-state index contributed by atoms with van der Waals surface area (Å²) in [4.78, 5) is 25.3. The zero-order valence-corrected chi connectivity index (χ0v) is 12.3. The molecule has 2 unspecified atom stereocenters. The molecule has 0 saturated carbocycles. The summed E-state index contributed by atoms with van der Waals surface area (Å²) >= 11 is 0. The quantitative estimate of drug-likeness (QED) is 0.861. The lowest BCUT2D eigenvalue weighted by molar-refractivity contribution is -0.151. The average Bonchev–Trinajstić information content (AvgIpc) is 2.45. The van der Waals surface area contributed by atoms with Crippen molar-refractivity contribution in [2.75, 3.05) is 0 Å². The summed E-state index contributed by atoms with van der Waals surface area (Å²) < 4.78 is 0. The maximum atomic E-state index is 12.3. The van der Waals surface area contributed by atoms with Crippen molar-refractivity contribution in [2.45, 2.75) is 51.2 Å². The monoisotopic (exact) mass is 290 g/mol. The van der Waals surface area contributed by atoms with Gasteiger partial charge in [-0.15, -0.1) is 0 Å². The molecule has 0 radical (unpaired) electrons. The van der Waals surface area contributed by atoms with Crippen LogP contribution in [0, 0.1) is 0 Å². The van der Waals surface area contributed by atoms with E-state index in [1.165, 1.54) is 4.90 Å². The number of rotatable bonds is 5. The molecule has 5 nitrogen and oxygen atoms in total. The van der Waals surface area contributed by atoms with Crippen LogP contribution in [0.1, 0.15) is 37.3 Å². The Kier molecular flexibility index (Phi) is 4.96. The van der Waals surface area contributed by atoms with Crippen LogP contribution in [0.3, 0.4) is 0 Å². The van der Waals surface area contributed by atoms with E-state index in [0.29, 0.717) is 25.8 Å². The van der Waals surface area contributed by atoms with Gasteiger partial charge in [0.1, 0.15) is 6.04 Å². The predicted octanol–water partition coefficient (Wildman–Crippen LogP) is 1.54. The number of fused-ring (bicyclic) bond motifs is 1. The second kappa shape index (κ2) is 6.72. The number of carboxylic acid groups (broad SMARTS) is 1.